The van der Waals surface area contributed by atoms with Crippen LogP contribution < -0.4 is 0 Å². The largest absolute Gasteiger partial charge is 0.454 e. The molecule has 0 radical (unpaired) electrons. The van der Waals surface area contributed by atoms with Crippen LogP contribution in [0.3, 0.4) is 0 Å². The number of hydrogen-bond donors (Lipinski definition) is 1. The lowest BCUT2D eigenvalue weighted by Crippen LogP contribution is -2.17. The summed E-state index contributed by atoms with van der Waals surface area (Å²) in [5.41, 5.74) is 3.39. The SMILES string of the molecule is COC[C@H](C)n1c(C)cc(C(=O)COC(=O)c2ccc(CO)cc2)c1C. The molecular weight excluding hydrogens is 334 g/mol. The zero-order valence-electron chi connectivity index (χ0n) is 15.6. The van der Waals surface area contributed by atoms with Gasteiger partial charge >= 0.3 is 5.97 Å². The molecule has 0 amide bonds. The van der Waals surface area contributed by atoms with Crippen LogP contribution in [-0.4, -0.2) is 41.7 Å². The van der Waals surface area contributed by atoms with Gasteiger partial charge in [-0.05, 0) is 44.5 Å². The van der Waals surface area contributed by atoms with Crippen molar-refractivity contribution in [2.75, 3.05) is 20.3 Å². The number of benzene rings is 1. The third-order valence-corrected chi connectivity index (χ3v) is 4.34. The Morgan fingerprint density at radius 3 is 2.42 bits per heavy atom. The summed E-state index contributed by atoms with van der Waals surface area (Å²) in [6.07, 6.45) is 0. The van der Waals surface area contributed by atoms with Gasteiger partial charge in [-0.2, -0.15) is 0 Å². The Kier molecular flexibility index (Phi) is 6.71. The van der Waals surface area contributed by atoms with Crippen LogP contribution >= 0.6 is 0 Å². The van der Waals surface area contributed by atoms with E-state index in [1.807, 2.05) is 31.4 Å². The number of aliphatic hydroxyl groups is 1. The topological polar surface area (TPSA) is 77.8 Å². The van der Waals surface area contributed by atoms with Gasteiger partial charge < -0.3 is 19.1 Å². The predicted octanol–water partition coefficient (Wildman–Crippen LogP) is 2.84. The van der Waals surface area contributed by atoms with Crippen LogP contribution in [0.25, 0.3) is 0 Å². The monoisotopic (exact) mass is 359 g/mol. The Hall–Kier alpha value is -2.44. The minimum absolute atomic E-state index is 0.0923. The van der Waals surface area contributed by atoms with Gasteiger partial charge in [0.25, 0.3) is 0 Å². The van der Waals surface area contributed by atoms with E-state index in [0.29, 0.717) is 23.3 Å². The number of Topliss-reactive ketones (excluding diaryl/α,β-unsaturated/α-hetero) is 1. The molecule has 0 bridgehead atoms. The number of rotatable bonds is 8. The van der Waals surface area contributed by atoms with Gasteiger partial charge in [-0.3, -0.25) is 4.79 Å². The molecule has 2 aromatic rings. The number of aryl methyl sites for hydroxylation is 1. The van der Waals surface area contributed by atoms with Crippen molar-refractivity contribution in [3.63, 3.8) is 0 Å². The number of nitrogens with zero attached hydrogens (tertiary/aromatic N) is 1. The summed E-state index contributed by atoms with van der Waals surface area (Å²) in [5.74, 6) is -0.807. The van der Waals surface area contributed by atoms with Crippen molar-refractivity contribution in [2.45, 2.75) is 33.4 Å². The Labute approximate surface area is 153 Å². The predicted molar refractivity (Wildman–Crippen MR) is 97.5 cm³/mol. The molecule has 0 fully saturated rings. The fourth-order valence-electron chi connectivity index (χ4n) is 3.09. The summed E-state index contributed by atoms with van der Waals surface area (Å²) < 4.78 is 12.4. The maximum absolute atomic E-state index is 12.5. The molecule has 140 valence electrons. The van der Waals surface area contributed by atoms with Gasteiger partial charge in [0.1, 0.15) is 0 Å². The van der Waals surface area contributed by atoms with Crippen molar-refractivity contribution in [2.24, 2.45) is 0 Å². The second kappa shape index (κ2) is 8.78. The number of ketones is 1. The van der Waals surface area contributed by atoms with Crippen molar-refractivity contribution < 1.29 is 24.2 Å². The Morgan fingerprint density at radius 2 is 1.85 bits per heavy atom. The Morgan fingerprint density at radius 1 is 1.19 bits per heavy atom. The molecule has 26 heavy (non-hydrogen) atoms. The standard InChI is InChI=1S/C20H25NO5/c1-13-9-18(15(3)21(13)14(2)11-25-4)19(23)12-26-20(24)17-7-5-16(10-22)6-8-17/h5-9,14,22H,10-12H2,1-4H3/t14-/m0/s1. The molecule has 1 aromatic carbocycles. The molecule has 6 heteroatoms. The maximum Gasteiger partial charge on any atom is 0.338 e. The summed E-state index contributed by atoms with van der Waals surface area (Å²) >= 11 is 0. The minimum atomic E-state index is -0.565. The first-order valence-electron chi connectivity index (χ1n) is 8.46. The van der Waals surface area contributed by atoms with E-state index >= 15 is 0 Å². The highest BCUT2D eigenvalue weighted by atomic mass is 16.5. The maximum atomic E-state index is 12.5. The summed E-state index contributed by atoms with van der Waals surface area (Å²) in [5, 5.41) is 9.02. The van der Waals surface area contributed by atoms with Gasteiger partial charge in [0.05, 0.1) is 24.8 Å². The van der Waals surface area contributed by atoms with E-state index in [-0.39, 0.29) is 25.0 Å². The number of carbonyl (C=O) groups excluding carboxylic acids is 2. The van der Waals surface area contributed by atoms with Crippen molar-refractivity contribution in [3.8, 4) is 0 Å². The quantitative estimate of drug-likeness (QED) is 0.579. The number of ether oxygens (including phenoxy) is 2. The van der Waals surface area contributed by atoms with Gasteiger partial charge in [0.15, 0.2) is 6.61 Å². The molecule has 0 spiro atoms. The Bertz CT molecular complexity index is 776. The number of methoxy groups -OCH3 is 1. The van der Waals surface area contributed by atoms with E-state index in [1.165, 1.54) is 0 Å². The van der Waals surface area contributed by atoms with Crippen molar-refractivity contribution in [3.05, 3.63) is 58.4 Å². The highest BCUT2D eigenvalue weighted by Gasteiger charge is 2.20. The zero-order valence-corrected chi connectivity index (χ0v) is 15.6. The van der Waals surface area contributed by atoms with E-state index in [9.17, 15) is 9.59 Å². The van der Waals surface area contributed by atoms with Gasteiger partial charge in [0.2, 0.25) is 5.78 Å². The second-order valence-electron chi connectivity index (χ2n) is 6.31. The number of carbonyl (C=O) groups is 2. The van der Waals surface area contributed by atoms with Crippen LogP contribution in [0.2, 0.25) is 0 Å². The van der Waals surface area contributed by atoms with E-state index in [2.05, 4.69) is 0 Å². The van der Waals surface area contributed by atoms with Crippen molar-refractivity contribution in [1.29, 1.82) is 0 Å². The molecule has 6 nitrogen and oxygen atoms in total. The second-order valence-corrected chi connectivity index (χ2v) is 6.31. The van der Waals surface area contributed by atoms with Crippen LogP contribution in [0.4, 0.5) is 0 Å². The van der Waals surface area contributed by atoms with E-state index in [4.69, 9.17) is 14.6 Å². The zero-order chi connectivity index (χ0) is 19.3. The van der Waals surface area contributed by atoms with Gasteiger partial charge in [0, 0.05) is 24.1 Å². The molecule has 1 N–H and O–H groups in total. The van der Waals surface area contributed by atoms with Crippen molar-refractivity contribution in [1.82, 2.24) is 4.57 Å². The number of aliphatic hydroxyl groups excluding tert-OH is 1. The number of aromatic nitrogens is 1. The third-order valence-electron chi connectivity index (χ3n) is 4.34. The molecule has 1 aromatic heterocycles. The molecule has 0 saturated carbocycles. The van der Waals surface area contributed by atoms with Gasteiger partial charge in [-0.1, -0.05) is 12.1 Å². The molecule has 0 aliphatic carbocycles. The van der Waals surface area contributed by atoms with Crippen LogP contribution in [0.1, 0.15) is 50.6 Å². The summed E-state index contributed by atoms with van der Waals surface area (Å²) in [6.45, 7) is 5.97. The first kappa shape index (κ1) is 19.9. The highest BCUT2D eigenvalue weighted by Crippen LogP contribution is 2.21. The highest BCUT2D eigenvalue weighted by molar-refractivity contribution is 6.00. The van der Waals surface area contributed by atoms with Crippen LogP contribution in [0.15, 0.2) is 30.3 Å². The van der Waals surface area contributed by atoms with E-state index < -0.39 is 5.97 Å². The first-order valence-corrected chi connectivity index (χ1v) is 8.46. The fraction of sp³-hybridized carbons (Fsp3) is 0.400. The summed E-state index contributed by atoms with van der Waals surface area (Å²) in [7, 11) is 1.64. The van der Waals surface area contributed by atoms with Gasteiger partial charge in [-0.25, -0.2) is 4.79 Å². The average Bonchev–Trinajstić information content (AvgIpc) is 2.94. The minimum Gasteiger partial charge on any atom is -0.454 e. The smallest absolute Gasteiger partial charge is 0.338 e. The molecule has 0 aliphatic heterocycles. The lowest BCUT2D eigenvalue weighted by atomic mass is 10.1. The Balaban J connectivity index is 2.05. The van der Waals surface area contributed by atoms with Gasteiger partial charge in [-0.15, -0.1) is 0 Å². The first-order chi connectivity index (χ1) is 12.4. The molecule has 0 aliphatic rings. The summed E-state index contributed by atoms with van der Waals surface area (Å²) in [4.78, 5) is 24.6. The third kappa shape index (κ3) is 4.39. The molecule has 1 heterocycles. The molecule has 0 saturated heterocycles. The lowest BCUT2D eigenvalue weighted by Gasteiger charge is -2.17. The molecule has 0 unspecified atom stereocenters. The van der Waals surface area contributed by atoms with E-state index in [0.717, 1.165) is 11.4 Å². The van der Waals surface area contributed by atoms with E-state index in [1.54, 1.807) is 31.4 Å². The molecule has 1 atom stereocenters. The van der Waals surface area contributed by atoms with Crippen LogP contribution in [0, 0.1) is 13.8 Å². The fourth-order valence-corrected chi connectivity index (χ4v) is 3.09. The lowest BCUT2D eigenvalue weighted by molar-refractivity contribution is 0.0474. The normalized spacial score (nSPS) is 12.0. The van der Waals surface area contributed by atoms with Crippen LogP contribution in [-0.2, 0) is 16.1 Å². The van der Waals surface area contributed by atoms with Crippen molar-refractivity contribution >= 4 is 11.8 Å². The molecule has 2 rings (SSSR count). The number of hydrogen-bond acceptors (Lipinski definition) is 5. The van der Waals surface area contributed by atoms with Crippen LogP contribution in [0.5, 0.6) is 0 Å². The average molecular weight is 359 g/mol. The number of esters is 1. The molecular formula is C20H25NO5. The summed E-state index contributed by atoms with van der Waals surface area (Å²) in [6, 6.07) is 8.34.